The molecule has 2 N–H and O–H groups in total. The minimum Gasteiger partial charge on any atom is -0.477 e. The molecule has 3 unspecified atom stereocenters. The third-order valence-electron chi connectivity index (χ3n) is 4.23. The lowest BCUT2D eigenvalue weighted by atomic mass is 10.1. The molecule has 8 heteroatoms. The van der Waals surface area contributed by atoms with Gasteiger partial charge in [-0.05, 0) is 32.4 Å². The summed E-state index contributed by atoms with van der Waals surface area (Å²) in [4.78, 5) is 27.9. The van der Waals surface area contributed by atoms with Crippen molar-refractivity contribution < 1.29 is 19.1 Å². The zero-order valence-electron chi connectivity index (χ0n) is 13.5. The maximum absolute atomic E-state index is 13.9. The predicted molar refractivity (Wildman–Crippen MR) is 92.6 cm³/mol. The molecule has 3 rings (SSSR count). The molecule has 132 valence electrons. The molecule has 5 nitrogen and oxygen atoms in total. The van der Waals surface area contributed by atoms with Gasteiger partial charge in [-0.15, -0.1) is 11.3 Å². The molecular weight excluding hydrogens is 367 g/mol. The van der Waals surface area contributed by atoms with Gasteiger partial charge < -0.3 is 10.4 Å². The van der Waals surface area contributed by atoms with Crippen LogP contribution in [-0.4, -0.2) is 22.0 Å². The van der Waals surface area contributed by atoms with Crippen molar-refractivity contribution in [1.82, 2.24) is 10.3 Å². The predicted octanol–water partition coefficient (Wildman–Crippen LogP) is 3.92. The number of carboxylic acid groups (broad SMARTS) is 1. The van der Waals surface area contributed by atoms with E-state index in [0.29, 0.717) is 27.7 Å². The van der Waals surface area contributed by atoms with Crippen LogP contribution in [0.25, 0.3) is 0 Å². The first-order valence-corrected chi connectivity index (χ1v) is 8.94. The molecule has 25 heavy (non-hydrogen) atoms. The van der Waals surface area contributed by atoms with Crippen LogP contribution >= 0.6 is 22.9 Å². The Morgan fingerprint density at radius 1 is 1.48 bits per heavy atom. The van der Waals surface area contributed by atoms with E-state index >= 15 is 0 Å². The van der Waals surface area contributed by atoms with Gasteiger partial charge in [-0.2, -0.15) is 0 Å². The Balaban J connectivity index is 1.67. The van der Waals surface area contributed by atoms with Gasteiger partial charge >= 0.3 is 5.97 Å². The summed E-state index contributed by atoms with van der Waals surface area (Å²) >= 11 is 7.10. The number of aromatic carboxylic acids is 1. The molecule has 1 aromatic heterocycles. The number of carbonyl (C=O) groups is 2. The molecule has 1 heterocycles. The summed E-state index contributed by atoms with van der Waals surface area (Å²) in [6.07, 6.45) is 0.538. The van der Waals surface area contributed by atoms with Crippen LogP contribution in [0, 0.1) is 18.7 Å². The van der Waals surface area contributed by atoms with Crippen LogP contribution < -0.4 is 5.32 Å². The molecule has 1 aromatic carbocycles. The van der Waals surface area contributed by atoms with Crippen LogP contribution in [0.1, 0.15) is 51.2 Å². The lowest BCUT2D eigenvalue weighted by molar-refractivity contribution is -0.123. The Hall–Kier alpha value is -1.99. The van der Waals surface area contributed by atoms with Crippen molar-refractivity contribution in [2.75, 3.05) is 0 Å². The first kappa shape index (κ1) is 17.8. The zero-order chi connectivity index (χ0) is 18.3. The summed E-state index contributed by atoms with van der Waals surface area (Å²) in [5.41, 5.74) is 0.811. The highest BCUT2D eigenvalue weighted by Gasteiger charge is 2.46. The lowest BCUT2D eigenvalue weighted by Crippen LogP contribution is -2.28. The summed E-state index contributed by atoms with van der Waals surface area (Å²) in [6, 6.07) is 4.07. The molecule has 0 saturated heterocycles. The standard InChI is InChI=1S/C17H16ClFN2O3S/c1-7-14(17(23)24)25-16(21-7)8(2)20-15(22)10-6-9(10)13-11(18)4-3-5-12(13)19/h3-5,8-10H,6H2,1-2H3,(H,20,22)(H,23,24). The number of rotatable bonds is 5. The Bertz CT molecular complexity index is 834. The SMILES string of the molecule is Cc1nc(C(C)NC(=O)C2CC2c2c(F)cccc2Cl)sc1C(=O)O. The van der Waals surface area contributed by atoms with E-state index in [9.17, 15) is 14.0 Å². The van der Waals surface area contributed by atoms with E-state index in [1.165, 1.54) is 12.1 Å². The van der Waals surface area contributed by atoms with Gasteiger partial charge in [0.15, 0.2) is 0 Å². The summed E-state index contributed by atoms with van der Waals surface area (Å²) in [6.45, 7) is 3.37. The number of aromatic nitrogens is 1. The second-order valence-corrected chi connectivity index (χ2v) is 7.52. The Morgan fingerprint density at radius 3 is 2.80 bits per heavy atom. The summed E-state index contributed by atoms with van der Waals surface area (Å²) < 4.78 is 13.9. The van der Waals surface area contributed by atoms with Gasteiger partial charge in [0.25, 0.3) is 0 Å². The number of nitrogens with one attached hydrogen (secondary N) is 1. The molecule has 0 spiro atoms. The smallest absolute Gasteiger partial charge is 0.347 e. The number of thiazole rings is 1. The number of benzene rings is 1. The van der Waals surface area contributed by atoms with Gasteiger partial charge in [0, 0.05) is 22.4 Å². The summed E-state index contributed by atoms with van der Waals surface area (Å²) in [5.74, 6) is -2.20. The Kier molecular flexibility index (Phi) is 4.79. The number of carbonyl (C=O) groups excluding carboxylic acids is 1. The monoisotopic (exact) mass is 382 g/mol. The fourth-order valence-corrected chi connectivity index (χ4v) is 4.06. The van der Waals surface area contributed by atoms with Gasteiger partial charge in [0.05, 0.1) is 11.7 Å². The molecule has 0 aliphatic heterocycles. The van der Waals surface area contributed by atoms with Crippen molar-refractivity contribution in [3.8, 4) is 0 Å². The topological polar surface area (TPSA) is 79.3 Å². The summed E-state index contributed by atoms with van der Waals surface area (Å²) in [5, 5.41) is 12.8. The zero-order valence-corrected chi connectivity index (χ0v) is 15.1. The van der Waals surface area contributed by atoms with Gasteiger partial charge in [-0.3, -0.25) is 4.79 Å². The maximum atomic E-state index is 13.9. The van der Waals surface area contributed by atoms with Crippen molar-refractivity contribution in [2.24, 2.45) is 5.92 Å². The van der Waals surface area contributed by atoms with Crippen LogP contribution in [0.15, 0.2) is 18.2 Å². The highest BCUT2D eigenvalue weighted by Crippen LogP contribution is 2.50. The Labute approximate surface area is 152 Å². The summed E-state index contributed by atoms with van der Waals surface area (Å²) in [7, 11) is 0. The number of amides is 1. The van der Waals surface area contributed by atoms with Crippen molar-refractivity contribution in [1.29, 1.82) is 0 Å². The number of nitrogens with zero attached hydrogens (tertiary/aromatic N) is 1. The molecule has 1 amide bonds. The van der Waals surface area contributed by atoms with Crippen LogP contribution in [0.3, 0.4) is 0 Å². The number of hydrogen-bond acceptors (Lipinski definition) is 4. The molecule has 3 atom stereocenters. The molecular formula is C17H16ClFN2O3S. The highest BCUT2D eigenvalue weighted by molar-refractivity contribution is 7.13. The third kappa shape index (κ3) is 3.52. The number of halogens is 2. The van der Waals surface area contributed by atoms with E-state index in [-0.39, 0.29) is 22.6 Å². The maximum Gasteiger partial charge on any atom is 0.347 e. The van der Waals surface area contributed by atoms with E-state index in [1.807, 2.05) is 0 Å². The Morgan fingerprint density at radius 2 is 2.20 bits per heavy atom. The number of aryl methyl sites for hydroxylation is 1. The normalized spacial score (nSPS) is 20.2. The van der Waals surface area contributed by atoms with Gasteiger partial charge in [-0.25, -0.2) is 14.2 Å². The van der Waals surface area contributed by atoms with Crippen molar-refractivity contribution in [3.05, 3.63) is 50.2 Å². The minimum atomic E-state index is -1.03. The van der Waals surface area contributed by atoms with Crippen LogP contribution in [0.5, 0.6) is 0 Å². The molecule has 1 aliphatic rings. The second kappa shape index (κ2) is 6.72. The molecule has 1 saturated carbocycles. The van der Waals surface area contributed by atoms with Gasteiger partial charge in [-0.1, -0.05) is 17.7 Å². The van der Waals surface area contributed by atoms with Crippen LogP contribution in [0.4, 0.5) is 4.39 Å². The quantitative estimate of drug-likeness (QED) is 0.821. The third-order valence-corrected chi connectivity index (χ3v) is 5.89. The van der Waals surface area contributed by atoms with E-state index in [2.05, 4.69) is 10.3 Å². The molecule has 0 bridgehead atoms. The average molecular weight is 383 g/mol. The number of carboxylic acids is 1. The molecule has 0 radical (unpaired) electrons. The van der Waals surface area contributed by atoms with Gasteiger partial charge in [0.1, 0.15) is 15.7 Å². The molecule has 1 fully saturated rings. The highest BCUT2D eigenvalue weighted by atomic mass is 35.5. The lowest BCUT2D eigenvalue weighted by Gasteiger charge is -2.11. The molecule has 2 aromatic rings. The first-order chi connectivity index (χ1) is 11.8. The fraction of sp³-hybridized carbons (Fsp3) is 0.353. The van der Waals surface area contributed by atoms with E-state index < -0.39 is 17.8 Å². The van der Waals surface area contributed by atoms with Crippen molar-refractivity contribution >= 4 is 34.8 Å². The van der Waals surface area contributed by atoms with Crippen LogP contribution in [0.2, 0.25) is 5.02 Å². The van der Waals surface area contributed by atoms with Crippen molar-refractivity contribution in [2.45, 2.75) is 32.2 Å². The minimum absolute atomic E-state index is 0.165. The van der Waals surface area contributed by atoms with Crippen LogP contribution in [-0.2, 0) is 4.79 Å². The number of hydrogen-bond donors (Lipinski definition) is 2. The van der Waals surface area contributed by atoms with Gasteiger partial charge in [0.2, 0.25) is 5.91 Å². The van der Waals surface area contributed by atoms with E-state index in [0.717, 1.165) is 11.3 Å². The fourth-order valence-electron chi connectivity index (χ4n) is 2.85. The first-order valence-electron chi connectivity index (χ1n) is 7.74. The average Bonchev–Trinajstić information content (AvgIpc) is 3.21. The molecule has 1 aliphatic carbocycles. The largest absolute Gasteiger partial charge is 0.477 e. The van der Waals surface area contributed by atoms with E-state index in [4.69, 9.17) is 16.7 Å². The van der Waals surface area contributed by atoms with E-state index in [1.54, 1.807) is 19.9 Å². The second-order valence-electron chi connectivity index (χ2n) is 6.09. The van der Waals surface area contributed by atoms with Crippen molar-refractivity contribution in [3.63, 3.8) is 0 Å².